The summed E-state index contributed by atoms with van der Waals surface area (Å²) in [5, 5.41) is 8.19. The summed E-state index contributed by atoms with van der Waals surface area (Å²) in [6.45, 7) is 4.71. The lowest BCUT2D eigenvalue weighted by Gasteiger charge is -2.19. The summed E-state index contributed by atoms with van der Waals surface area (Å²) in [5.74, 6) is -0.237. The molecule has 1 aromatic carbocycles. The molecule has 0 bridgehead atoms. The first-order valence-corrected chi connectivity index (χ1v) is 7.07. The number of nitrogens with one attached hydrogen (secondary N) is 1. The summed E-state index contributed by atoms with van der Waals surface area (Å²) in [7, 11) is 1.90. The zero-order valence-corrected chi connectivity index (χ0v) is 12.7. The predicted molar refractivity (Wildman–Crippen MR) is 79.5 cm³/mol. The Morgan fingerprint density at radius 2 is 2.15 bits per heavy atom. The number of halogens is 2. The van der Waals surface area contributed by atoms with Crippen molar-refractivity contribution in [3.63, 3.8) is 0 Å². The third kappa shape index (κ3) is 3.38. The molecule has 0 fully saturated rings. The van der Waals surface area contributed by atoms with E-state index in [0.29, 0.717) is 17.0 Å². The molecule has 1 aromatic heterocycles. The quantitative estimate of drug-likeness (QED) is 0.916. The number of nitrogens with zero attached hydrogens (tertiary/aromatic N) is 2. The summed E-state index contributed by atoms with van der Waals surface area (Å²) in [4.78, 5) is 0. The molecule has 1 heterocycles. The Labute approximate surface area is 123 Å². The van der Waals surface area contributed by atoms with Gasteiger partial charge in [0.05, 0.1) is 5.69 Å². The monoisotopic (exact) mass is 295 g/mol. The first-order valence-electron chi connectivity index (χ1n) is 6.69. The zero-order valence-electron chi connectivity index (χ0n) is 12.0. The number of rotatable bonds is 5. The van der Waals surface area contributed by atoms with Crippen LogP contribution in [0.15, 0.2) is 24.3 Å². The highest BCUT2D eigenvalue weighted by atomic mass is 35.5. The number of likely N-dealkylation sites (N-methyl/N-ethyl adjacent to an activating group) is 1. The third-order valence-corrected chi connectivity index (χ3v) is 3.53. The molecule has 2 rings (SSSR count). The van der Waals surface area contributed by atoms with Gasteiger partial charge in [-0.2, -0.15) is 5.10 Å². The van der Waals surface area contributed by atoms with Gasteiger partial charge in [0.15, 0.2) is 0 Å². The summed E-state index contributed by atoms with van der Waals surface area (Å²) in [6, 6.07) is 6.57. The minimum Gasteiger partial charge on any atom is -0.310 e. The molecule has 2 aromatic rings. The standard InChI is InChI=1S/C15H19ClFN3/c1-4-18-15(9-12-7-10(2)19-20(12)3)13-8-11(16)5-6-14(13)17/h5-8,15,18H,4,9H2,1-3H3. The number of aryl methyl sites for hydroxylation is 2. The first-order chi connectivity index (χ1) is 9.51. The van der Waals surface area contributed by atoms with E-state index in [9.17, 15) is 4.39 Å². The molecule has 5 heteroatoms. The molecule has 0 saturated carbocycles. The van der Waals surface area contributed by atoms with Gasteiger partial charge < -0.3 is 5.32 Å². The van der Waals surface area contributed by atoms with Crippen molar-refractivity contribution in [2.75, 3.05) is 6.54 Å². The number of hydrogen-bond donors (Lipinski definition) is 1. The maximum absolute atomic E-state index is 14.0. The molecule has 0 aliphatic heterocycles. The van der Waals surface area contributed by atoms with Gasteiger partial charge >= 0.3 is 0 Å². The molecule has 3 nitrogen and oxygen atoms in total. The van der Waals surface area contributed by atoms with Crippen LogP contribution < -0.4 is 5.32 Å². The van der Waals surface area contributed by atoms with E-state index in [0.717, 1.165) is 17.9 Å². The van der Waals surface area contributed by atoms with Crippen LogP contribution >= 0.6 is 11.6 Å². The highest BCUT2D eigenvalue weighted by molar-refractivity contribution is 6.30. The molecule has 0 spiro atoms. The van der Waals surface area contributed by atoms with Gasteiger partial charge in [0, 0.05) is 35.8 Å². The summed E-state index contributed by atoms with van der Waals surface area (Å²) < 4.78 is 15.9. The van der Waals surface area contributed by atoms with Gasteiger partial charge in [0.2, 0.25) is 0 Å². The predicted octanol–water partition coefficient (Wildman–Crippen LogP) is 3.41. The largest absolute Gasteiger partial charge is 0.310 e. The highest BCUT2D eigenvalue weighted by Gasteiger charge is 2.18. The molecule has 1 N–H and O–H groups in total. The van der Waals surface area contributed by atoms with Crippen molar-refractivity contribution >= 4 is 11.6 Å². The molecule has 108 valence electrons. The van der Waals surface area contributed by atoms with Crippen LogP contribution in [0.25, 0.3) is 0 Å². The Morgan fingerprint density at radius 3 is 2.75 bits per heavy atom. The van der Waals surface area contributed by atoms with Crippen molar-refractivity contribution in [3.05, 3.63) is 52.1 Å². The minimum absolute atomic E-state index is 0.117. The maximum Gasteiger partial charge on any atom is 0.128 e. The molecular formula is C15H19ClFN3. The topological polar surface area (TPSA) is 29.9 Å². The van der Waals surface area contributed by atoms with Crippen LogP contribution in [0.4, 0.5) is 4.39 Å². The maximum atomic E-state index is 14.0. The number of aromatic nitrogens is 2. The minimum atomic E-state index is -0.237. The normalized spacial score (nSPS) is 12.7. The van der Waals surface area contributed by atoms with Crippen molar-refractivity contribution in [2.24, 2.45) is 7.05 Å². The summed E-state index contributed by atoms with van der Waals surface area (Å²) in [5.41, 5.74) is 2.62. The fraction of sp³-hybridized carbons (Fsp3) is 0.400. The second-order valence-corrected chi connectivity index (χ2v) is 5.32. The Kier molecular flexibility index (Phi) is 4.78. The lowest BCUT2D eigenvalue weighted by molar-refractivity contribution is 0.497. The SMILES string of the molecule is CCNC(Cc1cc(C)nn1C)c1cc(Cl)ccc1F. The Bertz CT molecular complexity index is 595. The smallest absolute Gasteiger partial charge is 0.128 e. The van der Waals surface area contributed by atoms with Crippen LogP contribution in [-0.4, -0.2) is 16.3 Å². The second kappa shape index (κ2) is 6.37. The van der Waals surface area contributed by atoms with Crippen LogP contribution in [0.3, 0.4) is 0 Å². The fourth-order valence-corrected chi connectivity index (χ4v) is 2.57. The van der Waals surface area contributed by atoms with Gasteiger partial charge in [-0.25, -0.2) is 4.39 Å². The average molecular weight is 296 g/mol. The van der Waals surface area contributed by atoms with E-state index < -0.39 is 0 Å². The molecule has 0 radical (unpaired) electrons. The number of benzene rings is 1. The third-order valence-electron chi connectivity index (χ3n) is 3.30. The molecule has 1 atom stereocenters. The average Bonchev–Trinajstić information content (AvgIpc) is 2.70. The van der Waals surface area contributed by atoms with Crippen molar-refractivity contribution in [2.45, 2.75) is 26.3 Å². The van der Waals surface area contributed by atoms with E-state index in [1.54, 1.807) is 12.1 Å². The lowest BCUT2D eigenvalue weighted by Crippen LogP contribution is -2.24. The molecular weight excluding hydrogens is 277 g/mol. The van der Waals surface area contributed by atoms with E-state index in [4.69, 9.17) is 11.6 Å². The zero-order chi connectivity index (χ0) is 14.7. The highest BCUT2D eigenvalue weighted by Crippen LogP contribution is 2.24. The van der Waals surface area contributed by atoms with Crippen LogP contribution in [0.2, 0.25) is 5.02 Å². The fourth-order valence-electron chi connectivity index (χ4n) is 2.38. The molecule has 0 amide bonds. The Balaban J connectivity index is 2.31. The van der Waals surface area contributed by atoms with E-state index in [1.807, 2.05) is 31.6 Å². The van der Waals surface area contributed by atoms with Crippen LogP contribution in [-0.2, 0) is 13.5 Å². The van der Waals surface area contributed by atoms with Gasteiger partial charge in [-0.3, -0.25) is 4.68 Å². The molecule has 1 unspecified atom stereocenters. The Hall–Kier alpha value is -1.39. The molecule has 0 aliphatic carbocycles. The van der Waals surface area contributed by atoms with Crippen LogP contribution in [0.1, 0.15) is 29.9 Å². The first kappa shape index (κ1) is 15.0. The van der Waals surface area contributed by atoms with Gasteiger partial charge in [0.25, 0.3) is 0 Å². The molecule has 0 saturated heterocycles. The van der Waals surface area contributed by atoms with Crippen molar-refractivity contribution in [1.29, 1.82) is 0 Å². The number of hydrogen-bond acceptors (Lipinski definition) is 2. The lowest BCUT2D eigenvalue weighted by atomic mass is 10.0. The van der Waals surface area contributed by atoms with E-state index in [-0.39, 0.29) is 11.9 Å². The van der Waals surface area contributed by atoms with E-state index in [1.165, 1.54) is 6.07 Å². The van der Waals surface area contributed by atoms with Crippen LogP contribution in [0.5, 0.6) is 0 Å². The van der Waals surface area contributed by atoms with Crippen molar-refractivity contribution in [3.8, 4) is 0 Å². The molecule has 20 heavy (non-hydrogen) atoms. The van der Waals surface area contributed by atoms with Gasteiger partial charge in [-0.05, 0) is 37.7 Å². The van der Waals surface area contributed by atoms with Gasteiger partial charge in [-0.1, -0.05) is 18.5 Å². The van der Waals surface area contributed by atoms with E-state index in [2.05, 4.69) is 10.4 Å². The summed E-state index contributed by atoms with van der Waals surface area (Å²) in [6.07, 6.45) is 0.669. The van der Waals surface area contributed by atoms with Crippen LogP contribution in [0, 0.1) is 12.7 Å². The Morgan fingerprint density at radius 1 is 1.40 bits per heavy atom. The molecule has 0 aliphatic rings. The van der Waals surface area contributed by atoms with Gasteiger partial charge in [-0.15, -0.1) is 0 Å². The second-order valence-electron chi connectivity index (χ2n) is 4.88. The van der Waals surface area contributed by atoms with Crippen molar-refractivity contribution < 1.29 is 4.39 Å². The summed E-state index contributed by atoms with van der Waals surface area (Å²) >= 11 is 5.99. The van der Waals surface area contributed by atoms with Crippen molar-refractivity contribution in [1.82, 2.24) is 15.1 Å². The van der Waals surface area contributed by atoms with Gasteiger partial charge in [0.1, 0.15) is 5.82 Å². The van der Waals surface area contributed by atoms with E-state index >= 15 is 0 Å².